The minimum absolute atomic E-state index is 0.0276. The van der Waals surface area contributed by atoms with Gasteiger partial charge in [-0.2, -0.15) is 0 Å². The van der Waals surface area contributed by atoms with Crippen LogP contribution in [0.15, 0.2) is 34.9 Å². The molecule has 0 saturated carbocycles. The number of carbonyl (C=O) groups is 1. The highest BCUT2D eigenvalue weighted by atomic mass is 16.4. The molecule has 18 heavy (non-hydrogen) atoms. The summed E-state index contributed by atoms with van der Waals surface area (Å²) in [6, 6.07) is 7.86. The lowest BCUT2D eigenvalue weighted by molar-refractivity contribution is -0.120. The van der Waals surface area contributed by atoms with Crippen LogP contribution in [0.4, 0.5) is 0 Å². The van der Waals surface area contributed by atoms with E-state index < -0.39 is 0 Å². The second-order valence-electron chi connectivity index (χ2n) is 4.24. The molecule has 1 amide bonds. The summed E-state index contributed by atoms with van der Waals surface area (Å²) in [4.78, 5) is 15.8. The van der Waals surface area contributed by atoms with Crippen molar-refractivity contribution >= 4 is 5.91 Å². The molecule has 0 aliphatic heterocycles. The molecule has 0 unspecified atom stereocenters. The quantitative estimate of drug-likeness (QED) is 0.896. The van der Waals surface area contributed by atoms with Crippen LogP contribution in [0.3, 0.4) is 0 Å². The number of aromatic nitrogens is 1. The summed E-state index contributed by atoms with van der Waals surface area (Å²) < 4.78 is 5.28. The maximum atomic E-state index is 11.8. The van der Waals surface area contributed by atoms with E-state index in [0.717, 1.165) is 16.9 Å². The molecule has 4 heteroatoms. The van der Waals surface area contributed by atoms with Crippen molar-refractivity contribution in [3.8, 4) is 0 Å². The van der Waals surface area contributed by atoms with Crippen molar-refractivity contribution in [3.63, 3.8) is 0 Å². The Morgan fingerprint density at radius 1 is 1.33 bits per heavy atom. The van der Waals surface area contributed by atoms with Gasteiger partial charge in [0.2, 0.25) is 11.8 Å². The fourth-order valence-corrected chi connectivity index (χ4v) is 1.70. The summed E-state index contributed by atoms with van der Waals surface area (Å²) in [6.07, 6.45) is 2.02. The van der Waals surface area contributed by atoms with Gasteiger partial charge in [0.05, 0.1) is 19.2 Å². The average molecular weight is 244 g/mol. The van der Waals surface area contributed by atoms with Crippen molar-refractivity contribution in [3.05, 3.63) is 53.2 Å². The monoisotopic (exact) mass is 244 g/mol. The molecule has 0 aliphatic carbocycles. The number of hydrogen-bond donors (Lipinski definition) is 1. The summed E-state index contributed by atoms with van der Waals surface area (Å²) in [5, 5.41) is 2.79. The highest BCUT2D eigenvalue weighted by molar-refractivity contribution is 5.78. The molecule has 0 bridgehead atoms. The van der Waals surface area contributed by atoms with Crippen LogP contribution in [0.1, 0.15) is 22.8 Å². The summed E-state index contributed by atoms with van der Waals surface area (Å²) in [6.45, 7) is 4.16. The van der Waals surface area contributed by atoms with Crippen molar-refractivity contribution in [2.75, 3.05) is 0 Å². The molecule has 2 aromatic rings. The summed E-state index contributed by atoms with van der Waals surface area (Å²) in [5.74, 6) is 1.25. The predicted octanol–water partition coefficient (Wildman–Crippen LogP) is 2.15. The Morgan fingerprint density at radius 2 is 2.11 bits per heavy atom. The molecule has 2 rings (SSSR count). The summed E-state index contributed by atoms with van der Waals surface area (Å²) in [5.41, 5.74) is 2.17. The van der Waals surface area contributed by atoms with Gasteiger partial charge in [-0.05, 0) is 25.0 Å². The Morgan fingerprint density at radius 3 is 2.78 bits per heavy atom. The molecule has 0 radical (unpaired) electrons. The van der Waals surface area contributed by atoms with Gasteiger partial charge in [-0.15, -0.1) is 0 Å². The smallest absolute Gasteiger partial charge is 0.224 e. The summed E-state index contributed by atoms with van der Waals surface area (Å²) in [7, 11) is 0. The van der Waals surface area contributed by atoms with Gasteiger partial charge in [-0.25, -0.2) is 4.98 Å². The lowest BCUT2D eigenvalue weighted by Crippen LogP contribution is -2.24. The number of carbonyl (C=O) groups excluding carboxylic acids is 1. The van der Waals surface area contributed by atoms with Crippen LogP contribution in [0.5, 0.6) is 0 Å². The Kier molecular flexibility index (Phi) is 3.77. The highest BCUT2D eigenvalue weighted by Gasteiger charge is 2.07. The number of rotatable bonds is 4. The lowest BCUT2D eigenvalue weighted by atomic mass is 10.1. The van der Waals surface area contributed by atoms with Crippen LogP contribution in [0.2, 0.25) is 0 Å². The zero-order valence-electron chi connectivity index (χ0n) is 10.6. The maximum absolute atomic E-state index is 11.8. The van der Waals surface area contributed by atoms with Crippen LogP contribution in [0, 0.1) is 13.8 Å². The van der Waals surface area contributed by atoms with E-state index in [1.165, 1.54) is 0 Å². The number of amides is 1. The van der Waals surface area contributed by atoms with E-state index in [1.54, 1.807) is 6.20 Å². The molecule has 0 atom stereocenters. The fourth-order valence-electron chi connectivity index (χ4n) is 1.70. The van der Waals surface area contributed by atoms with Gasteiger partial charge in [0, 0.05) is 0 Å². The Labute approximate surface area is 106 Å². The molecular weight excluding hydrogens is 228 g/mol. The van der Waals surface area contributed by atoms with Gasteiger partial charge in [-0.1, -0.05) is 24.3 Å². The number of benzene rings is 1. The number of nitrogens with one attached hydrogen (secondary N) is 1. The molecule has 0 spiro atoms. The Balaban J connectivity index is 1.88. The molecule has 1 aromatic heterocycles. The van der Waals surface area contributed by atoms with Crippen LogP contribution >= 0.6 is 0 Å². The molecular formula is C14H16N2O2. The standard InChI is InChI=1S/C14H16N2O2/c1-10-5-3-4-6-12(10)7-13(17)15-9-14-16-8-11(2)18-14/h3-6,8H,7,9H2,1-2H3,(H,15,17). The number of oxazole rings is 1. The van der Waals surface area contributed by atoms with Crippen molar-refractivity contribution in [1.29, 1.82) is 0 Å². The molecule has 1 aromatic carbocycles. The van der Waals surface area contributed by atoms with E-state index in [2.05, 4.69) is 10.3 Å². The van der Waals surface area contributed by atoms with Crippen LogP contribution in [-0.2, 0) is 17.8 Å². The van der Waals surface area contributed by atoms with Gasteiger partial charge >= 0.3 is 0 Å². The second kappa shape index (κ2) is 5.49. The van der Waals surface area contributed by atoms with Gasteiger partial charge in [0.25, 0.3) is 0 Å². The van der Waals surface area contributed by atoms with Gasteiger partial charge < -0.3 is 9.73 Å². The molecule has 0 aliphatic rings. The third kappa shape index (κ3) is 3.20. The Hall–Kier alpha value is -2.10. The van der Waals surface area contributed by atoms with Gasteiger partial charge in [0.15, 0.2) is 0 Å². The number of aryl methyl sites for hydroxylation is 2. The van der Waals surface area contributed by atoms with Gasteiger partial charge in [-0.3, -0.25) is 4.79 Å². The van der Waals surface area contributed by atoms with E-state index in [0.29, 0.717) is 18.9 Å². The van der Waals surface area contributed by atoms with Crippen LogP contribution in [0.25, 0.3) is 0 Å². The van der Waals surface area contributed by atoms with Crippen molar-refractivity contribution in [1.82, 2.24) is 10.3 Å². The largest absolute Gasteiger partial charge is 0.444 e. The second-order valence-corrected chi connectivity index (χ2v) is 4.24. The minimum Gasteiger partial charge on any atom is -0.444 e. The predicted molar refractivity (Wildman–Crippen MR) is 68.0 cm³/mol. The SMILES string of the molecule is Cc1cnc(CNC(=O)Cc2ccccc2C)o1. The van der Waals surface area contributed by atoms with Crippen molar-refractivity contribution in [2.45, 2.75) is 26.8 Å². The van der Waals surface area contributed by atoms with E-state index in [4.69, 9.17) is 4.42 Å². The number of hydrogen-bond acceptors (Lipinski definition) is 3. The molecule has 94 valence electrons. The summed E-state index contributed by atoms with van der Waals surface area (Å²) >= 11 is 0. The van der Waals surface area contributed by atoms with E-state index >= 15 is 0 Å². The third-order valence-corrected chi connectivity index (χ3v) is 2.72. The first-order valence-electron chi connectivity index (χ1n) is 5.87. The van der Waals surface area contributed by atoms with Crippen LogP contribution in [-0.4, -0.2) is 10.9 Å². The molecule has 1 heterocycles. The lowest BCUT2D eigenvalue weighted by Gasteiger charge is -2.05. The molecule has 4 nitrogen and oxygen atoms in total. The molecule has 0 fully saturated rings. The van der Waals surface area contributed by atoms with Crippen LogP contribution < -0.4 is 5.32 Å². The minimum atomic E-state index is -0.0276. The first-order chi connectivity index (χ1) is 8.65. The van der Waals surface area contributed by atoms with Crippen molar-refractivity contribution in [2.24, 2.45) is 0 Å². The van der Waals surface area contributed by atoms with Gasteiger partial charge in [0.1, 0.15) is 5.76 Å². The normalized spacial score (nSPS) is 10.3. The van der Waals surface area contributed by atoms with E-state index in [-0.39, 0.29) is 5.91 Å². The third-order valence-electron chi connectivity index (χ3n) is 2.72. The topological polar surface area (TPSA) is 55.1 Å². The maximum Gasteiger partial charge on any atom is 0.224 e. The first kappa shape index (κ1) is 12.4. The number of nitrogens with zero attached hydrogens (tertiary/aromatic N) is 1. The molecule has 1 N–H and O–H groups in total. The fraction of sp³-hybridized carbons (Fsp3) is 0.286. The van der Waals surface area contributed by atoms with Crippen molar-refractivity contribution < 1.29 is 9.21 Å². The molecule has 0 saturated heterocycles. The van der Waals surface area contributed by atoms with E-state index in [9.17, 15) is 4.79 Å². The Bertz CT molecular complexity index is 546. The highest BCUT2D eigenvalue weighted by Crippen LogP contribution is 2.07. The zero-order chi connectivity index (χ0) is 13.0. The zero-order valence-corrected chi connectivity index (χ0v) is 10.6. The first-order valence-corrected chi connectivity index (χ1v) is 5.87. The average Bonchev–Trinajstić information content (AvgIpc) is 2.76. The van der Waals surface area contributed by atoms with E-state index in [1.807, 2.05) is 38.1 Å².